The summed E-state index contributed by atoms with van der Waals surface area (Å²) in [5, 5.41) is 0. The minimum absolute atomic E-state index is 0.00836. The molecule has 0 amide bonds. The number of nitrogens with zero attached hydrogens (tertiary/aromatic N) is 5. The number of rotatable bonds is 6. The Morgan fingerprint density at radius 3 is 3.10 bits per heavy atom. The molecule has 29 heavy (non-hydrogen) atoms. The number of anilines is 1. The zero-order chi connectivity index (χ0) is 20.4. The summed E-state index contributed by atoms with van der Waals surface area (Å²) in [5.41, 5.74) is 7.63. The molecule has 0 bridgehead atoms. The number of pyridine rings is 1. The van der Waals surface area contributed by atoms with Gasteiger partial charge >= 0.3 is 5.97 Å². The lowest BCUT2D eigenvalue weighted by molar-refractivity contribution is -0.148. The molecule has 10 heteroatoms. The van der Waals surface area contributed by atoms with Gasteiger partial charge in [-0.05, 0) is 25.0 Å². The molecule has 1 fully saturated rings. The van der Waals surface area contributed by atoms with E-state index in [4.69, 9.17) is 15.2 Å². The Morgan fingerprint density at radius 1 is 1.45 bits per heavy atom. The number of carbonyl (C=O) groups excluding carboxylic acids is 1. The molecule has 152 valence electrons. The van der Waals surface area contributed by atoms with Crippen LogP contribution in [0.25, 0.3) is 11.2 Å². The van der Waals surface area contributed by atoms with E-state index in [9.17, 15) is 9.18 Å². The average Bonchev–Trinajstić information content (AvgIpc) is 3.28. The van der Waals surface area contributed by atoms with Gasteiger partial charge in [-0.25, -0.2) is 19.3 Å². The Morgan fingerprint density at radius 2 is 2.31 bits per heavy atom. The molecule has 9 nitrogen and oxygen atoms in total. The summed E-state index contributed by atoms with van der Waals surface area (Å²) in [4.78, 5) is 28.5. The predicted octanol–water partition coefficient (Wildman–Crippen LogP) is 1.91. The summed E-state index contributed by atoms with van der Waals surface area (Å²) in [7, 11) is 0. The standard InChI is InChI=1S/C19H21FN6O3/c1-11-24-17(21)16-18(25-11)26(10-23-16)19-14(20)7-13(29-19)9-28-15(27)5-4-12-3-2-6-22-8-12/h2-3,6,8,10,13-14,19H,4-5,7,9H2,1H3,(H2,21,24,25). The van der Waals surface area contributed by atoms with Crippen LogP contribution >= 0.6 is 0 Å². The Hall–Kier alpha value is -3.14. The van der Waals surface area contributed by atoms with E-state index >= 15 is 0 Å². The number of nitrogens with two attached hydrogens (primary N) is 1. The summed E-state index contributed by atoms with van der Waals surface area (Å²) in [5.74, 6) is 0.337. The van der Waals surface area contributed by atoms with Crippen molar-refractivity contribution < 1.29 is 18.7 Å². The number of ether oxygens (including phenoxy) is 2. The van der Waals surface area contributed by atoms with Crippen LogP contribution in [0.15, 0.2) is 30.9 Å². The number of hydrogen-bond donors (Lipinski definition) is 1. The van der Waals surface area contributed by atoms with Gasteiger partial charge in [-0.1, -0.05) is 6.07 Å². The van der Waals surface area contributed by atoms with Crippen LogP contribution in [-0.2, 0) is 20.7 Å². The van der Waals surface area contributed by atoms with E-state index < -0.39 is 18.5 Å². The predicted molar refractivity (Wildman–Crippen MR) is 101 cm³/mol. The molecule has 1 saturated heterocycles. The van der Waals surface area contributed by atoms with Crippen LogP contribution < -0.4 is 5.73 Å². The second-order valence-corrected chi connectivity index (χ2v) is 6.92. The molecule has 0 aromatic carbocycles. The van der Waals surface area contributed by atoms with Crippen LogP contribution in [0.3, 0.4) is 0 Å². The van der Waals surface area contributed by atoms with E-state index in [1.165, 1.54) is 10.9 Å². The quantitative estimate of drug-likeness (QED) is 0.624. The maximum atomic E-state index is 14.6. The lowest BCUT2D eigenvalue weighted by atomic mass is 10.1. The first-order valence-corrected chi connectivity index (χ1v) is 9.32. The number of esters is 1. The largest absolute Gasteiger partial charge is 0.463 e. The first kappa shape index (κ1) is 19.2. The Kier molecular flexibility index (Phi) is 5.34. The molecule has 4 rings (SSSR count). The minimum atomic E-state index is -1.29. The molecule has 3 unspecified atom stereocenters. The third-order valence-corrected chi connectivity index (χ3v) is 4.73. The molecule has 3 atom stereocenters. The van der Waals surface area contributed by atoms with E-state index in [1.54, 1.807) is 19.3 Å². The molecule has 0 aliphatic carbocycles. The molecule has 3 aromatic heterocycles. The SMILES string of the molecule is Cc1nc(N)c2ncn(C3OC(COC(=O)CCc4cccnc4)CC3F)c2n1. The minimum Gasteiger partial charge on any atom is -0.463 e. The smallest absolute Gasteiger partial charge is 0.306 e. The molecule has 0 spiro atoms. The zero-order valence-corrected chi connectivity index (χ0v) is 15.9. The van der Waals surface area contributed by atoms with E-state index in [2.05, 4.69) is 19.9 Å². The molecular formula is C19H21FN6O3. The van der Waals surface area contributed by atoms with Crippen molar-refractivity contribution in [2.75, 3.05) is 12.3 Å². The van der Waals surface area contributed by atoms with Crippen molar-refractivity contribution in [1.82, 2.24) is 24.5 Å². The molecule has 3 aromatic rings. The van der Waals surface area contributed by atoms with Crippen LogP contribution in [-0.4, -0.2) is 49.4 Å². The van der Waals surface area contributed by atoms with Crippen molar-refractivity contribution in [3.05, 3.63) is 42.2 Å². The fraction of sp³-hybridized carbons (Fsp3) is 0.421. The number of hydrogen-bond acceptors (Lipinski definition) is 8. The van der Waals surface area contributed by atoms with Gasteiger partial charge in [0, 0.05) is 25.2 Å². The number of imidazole rings is 1. The fourth-order valence-corrected chi connectivity index (χ4v) is 3.34. The maximum Gasteiger partial charge on any atom is 0.306 e. The first-order chi connectivity index (χ1) is 14.0. The number of nitrogen functional groups attached to an aromatic ring is 1. The van der Waals surface area contributed by atoms with Crippen molar-refractivity contribution in [3.8, 4) is 0 Å². The number of carbonyl (C=O) groups is 1. The van der Waals surface area contributed by atoms with Gasteiger partial charge in [-0.3, -0.25) is 14.3 Å². The maximum absolute atomic E-state index is 14.6. The molecule has 1 aliphatic heterocycles. The number of aryl methyl sites for hydroxylation is 2. The van der Waals surface area contributed by atoms with Crippen LogP contribution in [0, 0.1) is 6.92 Å². The third kappa shape index (κ3) is 4.16. The van der Waals surface area contributed by atoms with Gasteiger partial charge < -0.3 is 15.2 Å². The molecule has 0 saturated carbocycles. The fourth-order valence-electron chi connectivity index (χ4n) is 3.34. The third-order valence-electron chi connectivity index (χ3n) is 4.73. The second kappa shape index (κ2) is 8.08. The van der Waals surface area contributed by atoms with E-state index in [0.29, 0.717) is 23.4 Å². The lowest BCUT2D eigenvalue weighted by Crippen LogP contribution is -2.20. The number of alkyl halides is 1. The normalized spacial score (nSPS) is 21.5. The van der Waals surface area contributed by atoms with Crippen molar-refractivity contribution >= 4 is 23.0 Å². The summed E-state index contributed by atoms with van der Waals surface area (Å²) in [6.45, 7) is 1.69. The highest BCUT2D eigenvalue weighted by Gasteiger charge is 2.38. The van der Waals surface area contributed by atoms with Gasteiger partial charge in [-0.15, -0.1) is 0 Å². The Bertz CT molecular complexity index is 1010. The molecule has 0 radical (unpaired) electrons. The Labute approximate surface area is 166 Å². The summed E-state index contributed by atoms with van der Waals surface area (Å²) >= 11 is 0. The van der Waals surface area contributed by atoms with Crippen molar-refractivity contribution in [2.24, 2.45) is 0 Å². The monoisotopic (exact) mass is 400 g/mol. The molecule has 4 heterocycles. The average molecular weight is 400 g/mol. The van der Waals surface area contributed by atoms with Gasteiger partial charge in [0.2, 0.25) is 0 Å². The highest BCUT2D eigenvalue weighted by atomic mass is 19.1. The van der Waals surface area contributed by atoms with Gasteiger partial charge in [0.1, 0.15) is 24.1 Å². The van der Waals surface area contributed by atoms with E-state index in [1.807, 2.05) is 12.1 Å². The summed E-state index contributed by atoms with van der Waals surface area (Å²) in [6.07, 6.45) is 2.95. The molecular weight excluding hydrogens is 379 g/mol. The summed E-state index contributed by atoms with van der Waals surface area (Å²) in [6, 6.07) is 3.71. The number of aromatic nitrogens is 5. The summed E-state index contributed by atoms with van der Waals surface area (Å²) < 4.78 is 27.2. The zero-order valence-electron chi connectivity index (χ0n) is 15.9. The van der Waals surface area contributed by atoms with Crippen LogP contribution in [0.1, 0.15) is 30.5 Å². The van der Waals surface area contributed by atoms with Crippen LogP contribution in [0.5, 0.6) is 0 Å². The Balaban J connectivity index is 1.35. The van der Waals surface area contributed by atoms with Gasteiger partial charge in [0.05, 0.1) is 12.4 Å². The molecule has 1 aliphatic rings. The first-order valence-electron chi connectivity index (χ1n) is 9.32. The second-order valence-electron chi connectivity index (χ2n) is 6.92. The number of fused-ring (bicyclic) bond motifs is 1. The van der Waals surface area contributed by atoms with Crippen LogP contribution in [0.2, 0.25) is 0 Å². The van der Waals surface area contributed by atoms with E-state index in [-0.39, 0.29) is 31.2 Å². The van der Waals surface area contributed by atoms with Gasteiger partial charge in [0.25, 0.3) is 0 Å². The van der Waals surface area contributed by atoms with E-state index in [0.717, 1.165) is 5.56 Å². The van der Waals surface area contributed by atoms with Crippen molar-refractivity contribution in [3.63, 3.8) is 0 Å². The topological polar surface area (TPSA) is 118 Å². The van der Waals surface area contributed by atoms with Gasteiger partial charge in [-0.2, -0.15) is 0 Å². The van der Waals surface area contributed by atoms with Crippen molar-refractivity contribution in [1.29, 1.82) is 0 Å². The highest BCUT2D eigenvalue weighted by Crippen LogP contribution is 2.33. The highest BCUT2D eigenvalue weighted by molar-refractivity contribution is 5.81. The van der Waals surface area contributed by atoms with Crippen LogP contribution in [0.4, 0.5) is 10.2 Å². The molecule has 2 N–H and O–H groups in total. The number of halogens is 1. The van der Waals surface area contributed by atoms with Gasteiger partial charge in [0.15, 0.2) is 17.7 Å². The van der Waals surface area contributed by atoms with Crippen molar-refractivity contribution in [2.45, 2.75) is 44.7 Å². The lowest BCUT2D eigenvalue weighted by Gasteiger charge is -2.16.